The lowest BCUT2D eigenvalue weighted by molar-refractivity contribution is 0.102. The molecule has 0 radical (unpaired) electrons. The van der Waals surface area contributed by atoms with E-state index >= 15 is 0 Å². The van der Waals surface area contributed by atoms with Crippen LogP contribution in [0, 0.1) is 12.7 Å². The maximum absolute atomic E-state index is 13.6. The van der Waals surface area contributed by atoms with E-state index in [1.54, 1.807) is 24.3 Å². The van der Waals surface area contributed by atoms with E-state index in [2.05, 4.69) is 20.6 Å². The highest BCUT2D eigenvalue weighted by molar-refractivity contribution is 6.02. The second kappa shape index (κ2) is 8.20. The minimum atomic E-state index is -0.312. The molecule has 0 unspecified atom stereocenters. The zero-order chi connectivity index (χ0) is 18.4. The summed E-state index contributed by atoms with van der Waals surface area (Å²) in [5, 5.41) is 5.81. The normalized spacial score (nSPS) is 10.4. The summed E-state index contributed by atoms with van der Waals surface area (Å²) in [6.45, 7) is 2.44. The van der Waals surface area contributed by atoms with Crippen LogP contribution in [0.1, 0.15) is 21.6 Å². The maximum atomic E-state index is 13.6. The van der Waals surface area contributed by atoms with Crippen molar-refractivity contribution >= 4 is 17.5 Å². The Hall–Kier alpha value is -3.28. The Morgan fingerprint density at radius 1 is 1.08 bits per heavy atom. The Morgan fingerprint density at radius 3 is 2.62 bits per heavy atom. The predicted octanol–water partition coefficient (Wildman–Crippen LogP) is 3.83. The molecule has 3 aromatic rings. The lowest BCUT2D eigenvalue weighted by atomic mass is 10.1. The first-order valence-electron chi connectivity index (χ1n) is 8.30. The molecule has 0 aliphatic rings. The van der Waals surface area contributed by atoms with E-state index in [0.29, 0.717) is 30.2 Å². The molecule has 132 valence electrons. The molecule has 1 heterocycles. The number of nitrogens with zero attached hydrogens (tertiary/aromatic N) is 2. The third kappa shape index (κ3) is 4.63. The van der Waals surface area contributed by atoms with Crippen LogP contribution in [-0.4, -0.2) is 22.4 Å². The van der Waals surface area contributed by atoms with Crippen LogP contribution >= 0.6 is 0 Å². The van der Waals surface area contributed by atoms with Gasteiger partial charge < -0.3 is 10.6 Å². The zero-order valence-corrected chi connectivity index (χ0v) is 14.4. The monoisotopic (exact) mass is 350 g/mol. The molecular weight excluding hydrogens is 331 g/mol. The van der Waals surface area contributed by atoms with Gasteiger partial charge in [0.15, 0.2) is 0 Å². The number of hydrogen-bond acceptors (Lipinski definition) is 4. The summed E-state index contributed by atoms with van der Waals surface area (Å²) in [5.74, 6) is -0.215. The van der Waals surface area contributed by atoms with E-state index in [1.807, 2.05) is 31.2 Å². The average molecular weight is 350 g/mol. The lowest BCUT2D eigenvalue weighted by Gasteiger charge is -2.08. The van der Waals surface area contributed by atoms with Crippen LogP contribution in [-0.2, 0) is 6.42 Å². The minimum Gasteiger partial charge on any atom is -0.354 e. The molecule has 0 bridgehead atoms. The molecule has 2 N–H and O–H groups in total. The summed E-state index contributed by atoms with van der Waals surface area (Å²) in [4.78, 5) is 20.6. The number of carbonyl (C=O) groups is 1. The topological polar surface area (TPSA) is 66.9 Å². The van der Waals surface area contributed by atoms with Gasteiger partial charge in [0.25, 0.3) is 5.91 Å². The predicted molar refractivity (Wildman–Crippen MR) is 99.8 cm³/mol. The van der Waals surface area contributed by atoms with E-state index < -0.39 is 0 Å². The molecule has 1 aromatic heterocycles. The number of hydrogen-bond donors (Lipinski definition) is 2. The number of anilines is 2. The Kier molecular flexibility index (Phi) is 5.53. The van der Waals surface area contributed by atoms with Crippen molar-refractivity contribution in [2.45, 2.75) is 13.3 Å². The van der Waals surface area contributed by atoms with E-state index in [0.717, 1.165) is 5.56 Å². The van der Waals surface area contributed by atoms with Crippen molar-refractivity contribution in [3.05, 3.63) is 83.4 Å². The van der Waals surface area contributed by atoms with Gasteiger partial charge in [0, 0.05) is 18.4 Å². The van der Waals surface area contributed by atoms with Gasteiger partial charge in [-0.05, 0) is 43.2 Å². The minimum absolute atomic E-state index is 0.235. The zero-order valence-electron chi connectivity index (χ0n) is 14.4. The first-order chi connectivity index (χ1) is 12.6. The Balaban J connectivity index is 1.59. The third-order valence-corrected chi connectivity index (χ3v) is 3.83. The van der Waals surface area contributed by atoms with Crippen LogP contribution in [0.4, 0.5) is 16.0 Å². The smallest absolute Gasteiger partial charge is 0.274 e. The fraction of sp³-hybridized carbons (Fsp3) is 0.150. The van der Waals surface area contributed by atoms with Crippen LogP contribution in [0.25, 0.3) is 0 Å². The van der Waals surface area contributed by atoms with E-state index in [-0.39, 0.29) is 17.4 Å². The third-order valence-electron chi connectivity index (χ3n) is 3.83. The number of aromatic nitrogens is 2. The van der Waals surface area contributed by atoms with Crippen molar-refractivity contribution in [3.8, 4) is 0 Å². The highest BCUT2D eigenvalue weighted by Gasteiger charge is 2.09. The van der Waals surface area contributed by atoms with E-state index in [4.69, 9.17) is 0 Å². The fourth-order valence-electron chi connectivity index (χ4n) is 2.41. The molecule has 0 fully saturated rings. The van der Waals surface area contributed by atoms with Gasteiger partial charge in [-0.25, -0.2) is 14.4 Å². The van der Waals surface area contributed by atoms with E-state index in [1.165, 1.54) is 12.3 Å². The molecule has 5 nitrogen and oxygen atoms in total. The highest BCUT2D eigenvalue weighted by Crippen LogP contribution is 2.11. The second-order valence-electron chi connectivity index (χ2n) is 5.85. The molecule has 6 heteroatoms. The summed E-state index contributed by atoms with van der Waals surface area (Å²) < 4.78 is 13.6. The Morgan fingerprint density at radius 2 is 1.85 bits per heavy atom. The van der Waals surface area contributed by atoms with Crippen molar-refractivity contribution in [2.24, 2.45) is 0 Å². The van der Waals surface area contributed by atoms with Crippen LogP contribution in [0.5, 0.6) is 0 Å². The molecule has 2 aromatic carbocycles. The van der Waals surface area contributed by atoms with Crippen molar-refractivity contribution in [3.63, 3.8) is 0 Å². The van der Waals surface area contributed by atoms with E-state index in [9.17, 15) is 9.18 Å². The van der Waals surface area contributed by atoms with Crippen LogP contribution < -0.4 is 10.6 Å². The van der Waals surface area contributed by atoms with Gasteiger partial charge in [0.1, 0.15) is 11.5 Å². The average Bonchev–Trinajstić information content (AvgIpc) is 2.65. The number of rotatable bonds is 6. The molecule has 0 aliphatic carbocycles. The second-order valence-corrected chi connectivity index (χ2v) is 5.85. The lowest BCUT2D eigenvalue weighted by Crippen LogP contribution is -2.16. The Labute approximate surface area is 151 Å². The van der Waals surface area contributed by atoms with Gasteiger partial charge in [-0.2, -0.15) is 0 Å². The summed E-state index contributed by atoms with van der Waals surface area (Å²) in [7, 11) is 0. The van der Waals surface area contributed by atoms with Gasteiger partial charge in [0.2, 0.25) is 5.95 Å². The van der Waals surface area contributed by atoms with Crippen molar-refractivity contribution in [1.82, 2.24) is 9.97 Å². The quantitative estimate of drug-likeness (QED) is 0.709. The Bertz CT molecular complexity index is 896. The largest absolute Gasteiger partial charge is 0.354 e. The van der Waals surface area contributed by atoms with Gasteiger partial charge in [-0.1, -0.05) is 35.9 Å². The number of aryl methyl sites for hydroxylation is 1. The molecule has 0 saturated carbocycles. The molecule has 0 saturated heterocycles. The van der Waals surface area contributed by atoms with Gasteiger partial charge in [0.05, 0.1) is 0 Å². The number of halogens is 1. The van der Waals surface area contributed by atoms with Crippen LogP contribution in [0.15, 0.2) is 60.8 Å². The molecule has 0 spiro atoms. The summed E-state index contributed by atoms with van der Waals surface area (Å²) in [6, 6.07) is 15.7. The molecule has 3 rings (SSSR count). The van der Waals surface area contributed by atoms with Crippen LogP contribution in [0.2, 0.25) is 0 Å². The summed E-state index contributed by atoms with van der Waals surface area (Å²) >= 11 is 0. The van der Waals surface area contributed by atoms with Crippen LogP contribution in [0.3, 0.4) is 0 Å². The first-order valence-corrected chi connectivity index (χ1v) is 8.30. The van der Waals surface area contributed by atoms with Gasteiger partial charge in [-0.3, -0.25) is 4.79 Å². The van der Waals surface area contributed by atoms with Crippen molar-refractivity contribution < 1.29 is 9.18 Å². The molecule has 0 atom stereocenters. The standard InChI is InChI=1S/C20H19FN4O/c1-14-6-8-16(9-7-14)24-19(26)18-11-13-23-20(25-18)22-12-10-15-4-2-3-5-17(15)21/h2-9,11,13H,10,12H2,1H3,(H,24,26)(H,22,23,25). The number of carbonyl (C=O) groups excluding carboxylic acids is 1. The maximum Gasteiger partial charge on any atom is 0.274 e. The molecule has 0 aliphatic heterocycles. The number of benzene rings is 2. The van der Waals surface area contributed by atoms with Crippen molar-refractivity contribution in [2.75, 3.05) is 17.2 Å². The number of amides is 1. The van der Waals surface area contributed by atoms with Gasteiger partial charge >= 0.3 is 0 Å². The molecule has 1 amide bonds. The first kappa shape index (κ1) is 17.5. The molecule has 26 heavy (non-hydrogen) atoms. The highest BCUT2D eigenvalue weighted by atomic mass is 19.1. The SMILES string of the molecule is Cc1ccc(NC(=O)c2ccnc(NCCc3ccccc3F)n2)cc1. The number of nitrogens with one attached hydrogen (secondary N) is 2. The van der Waals surface area contributed by atoms with Crippen molar-refractivity contribution in [1.29, 1.82) is 0 Å². The fourth-order valence-corrected chi connectivity index (χ4v) is 2.41. The summed E-state index contributed by atoms with van der Waals surface area (Å²) in [6.07, 6.45) is 2.01. The summed E-state index contributed by atoms with van der Waals surface area (Å²) in [5.41, 5.74) is 2.70. The molecular formula is C20H19FN4O. The van der Waals surface area contributed by atoms with Gasteiger partial charge in [-0.15, -0.1) is 0 Å².